The number of unbranched alkanes of at least 4 members (excludes halogenated alkanes) is 6. The van der Waals surface area contributed by atoms with Gasteiger partial charge in [-0.05, 0) is 35.2 Å². The van der Waals surface area contributed by atoms with Gasteiger partial charge in [0, 0.05) is 12.7 Å². The highest BCUT2D eigenvalue weighted by Crippen LogP contribution is 2.37. The Balaban J connectivity index is 2.09. The van der Waals surface area contributed by atoms with Crippen LogP contribution in [0.3, 0.4) is 0 Å². The second kappa shape index (κ2) is 12.4. The van der Waals surface area contributed by atoms with Gasteiger partial charge in [-0.15, -0.1) is 0 Å². The molecule has 0 amide bonds. The zero-order valence-electron chi connectivity index (χ0n) is 19.6. The molecule has 2 aromatic carbocycles. The first kappa shape index (κ1) is 24.8. The van der Waals surface area contributed by atoms with Crippen molar-refractivity contribution in [2.24, 2.45) is 0 Å². The molecule has 2 aromatic rings. The summed E-state index contributed by atoms with van der Waals surface area (Å²) in [5, 5.41) is 11.6. The van der Waals surface area contributed by atoms with Gasteiger partial charge in [-0.25, -0.2) is 0 Å². The second-order valence-corrected chi connectivity index (χ2v) is 13.8. The van der Waals surface area contributed by atoms with Gasteiger partial charge < -0.3 is 9.53 Å². The van der Waals surface area contributed by atoms with Crippen molar-refractivity contribution in [3.05, 3.63) is 60.7 Å². The van der Waals surface area contributed by atoms with E-state index in [2.05, 4.69) is 88.4 Å². The third-order valence-electron chi connectivity index (χ3n) is 6.06. The Morgan fingerprint density at radius 2 is 1.17 bits per heavy atom. The molecule has 0 aliphatic carbocycles. The van der Waals surface area contributed by atoms with E-state index in [1.165, 1.54) is 42.5 Å². The van der Waals surface area contributed by atoms with Crippen LogP contribution >= 0.6 is 0 Å². The first-order chi connectivity index (χ1) is 14.4. The lowest BCUT2D eigenvalue weighted by Gasteiger charge is -2.44. The Morgan fingerprint density at radius 1 is 0.733 bits per heavy atom. The predicted octanol–water partition coefficient (Wildman–Crippen LogP) is 6.06. The maximum atomic E-state index is 8.87. The Kier molecular flexibility index (Phi) is 10.3. The summed E-state index contributed by atoms with van der Waals surface area (Å²) in [5.41, 5.74) is 0. The van der Waals surface area contributed by atoms with Crippen LogP contribution in [0, 0.1) is 0 Å². The number of aliphatic hydroxyl groups is 1. The molecular weight excluding hydrogens is 384 g/mol. The SMILES string of the molecule is CC(CCCCCCCCCO)O[Si](c1ccccc1)(c1ccccc1)C(C)(C)C. The Labute approximate surface area is 185 Å². The van der Waals surface area contributed by atoms with Gasteiger partial charge in [0.2, 0.25) is 0 Å². The zero-order chi connectivity index (χ0) is 21.9. The van der Waals surface area contributed by atoms with Gasteiger partial charge in [0.05, 0.1) is 0 Å². The average molecular weight is 427 g/mol. The molecular formula is C27H42O2Si. The second-order valence-electron chi connectivity index (χ2n) is 9.58. The summed E-state index contributed by atoms with van der Waals surface area (Å²) in [7, 11) is -2.43. The van der Waals surface area contributed by atoms with Crippen LogP contribution in [0.25, 0.3) is 0 Å². The molecule has 30 heavy (non-hydrogen) atoms. The predicted molar refractivity (Wildman–Crippen MR) is 132 cm³/mol. The molecule has 2 rings (SSSR count). The van der Waals surface area contributed by atoms with E-state index in [9.17, 15) is 0 Å². The standard InChI is InChI=1S/C27H42O2Si/c1-24(18-12-8-6-5-7-9-17-23-28)29-30(27(2,3)4,25-19-13-10-14-20-25)26-21-15-11-16-22-26/h10-11,13-16,19-22,24,28H,5-9,12,17-18,23H2,1-4H3. The van der Waals surface area contributed by atoms with E-state index in [1.807, 2.05) is 0 Å². The number of hydrogen-bond donors (Lipinski definition) is 1. The van der Waals surface area contributed by atoms with E-state index in [1.54, 1.807) is 0 Å². The van der Waals surface area contributed by atoms with E-state index in [4.69, 9.17) is 9.53 Å². The van der Waals surface area contributed by atoms with Crippen molar-refractivity contribution in [1.29, 1.82) is 0 Å². The maximum Gasteiger partial charge on any atom is 0.261 e. The third-order valence-corrected chi connectivity index (χ3v) is 11.2. The highest BCUT2D eigenvalue weighted by molar-refractivity contribution is 6.99. The number of aliphatic hydroxyl groups excluding tert-OH is 1. The monoisotopic (exact) mass is 426 g/mol. The topological polar surface area (TPSA) is 29.5 Å². The lowest BCUT2D eigenvalue weighted by atomic mass is 10.1. The fourth-order valence-corrected chi connectivity index (χ4v) is 9.22. The minimum absolute atomic E-state index is 0.0384. The fraction of sp³-hybridized carbons (Fsp3) is 0.556. The zero-order valence-corrected chi connectivity index (χ0v) is 20.6. The molecule has 0 aliphatic rings. The molecule has 1 atom stereocenters. The molecule has 166 valence electrons. The summed E-state index contributed by atoms with van der Waals surface area (Å²) in [6, 6.07) is 21.9. The lowest BCUT2D eigenvalue weighted by Crippen LogP contribution is -2.67. The Hall–Kier alpha value is -1.42. The first-order valence-electron chi connectivity index (χ1n) is 11.8. The van der Waals surface area contributed by atoms with Crippen LogP contribution in [0.5, 0.6) is 0 Å². The molecule has 2 nitrogen and oxygen atoms in total. The normalized spacial score (nSPS) is 13.4. The van der Waals surface area contributed by atoms with Gasteiger partial charge >= 0.3 is 0 Å². The average Bonchev–Trinajstić information content (AvgIpc) is 2.74. The van der Waals surface area contributed by atoms with Crippen molar-refractivity contribution in [3.8, 4) is 0 Å². The van der Waals surface area contributed by atoms with Gasteiger partial charge in [0.15, 0.2) is 0 Å². The molecule has 0 bridgehead atoms. The highest BCUT2D eigenvalue weighted by atomic mass is 28.4. The molecule has 0 aromatic heterocycles. The van der Waals surface area contributed by atoms with Crippen LogP contribution in [0.2, 0.25) is 5.04 Å². The molecule has 0 fully saturated rings. The van der Waals surface area contributed by atoms with Crippen LogP contribution < -0.4 is 10.4 Å². The summed E-state index contributed by atoms with van der Waals surface area (Å²) < 4.78 is 7.15. The lowest BCUT2D eigenvalue weighted by molar-refractivity contribution is 0.192. The van der Waals surface area contributed by atoms with E-state index in [0.717, 1.165) is 19.3 Å². The Morgan fingerprint density at radius 3 is 1.60 bits per heavy atom. The van der Waals surface area contributed by atoms with Gasteiger partial charge in [-0.2, -0.15) is 0 Å². The van der Waals surface area contributed by atoms with Crippen LogP contribution in [-0.4, -0.2) is 26.1 Å². The van der Waals surface area contributed by atoms with E-state index in [0.29, 0.717) is 6.61 Å². The molecule has 0 saturated heterocycles. The van der Waals surface area contributed by atoms with Gasteiger partial charge in [-0.1, -0.05) is 120 Å². The van der Waals surface area contributed by atoms with Gasteiger partial charge in [0.25, 0.3) is 8.32 Å². The smallest absolute Gasteiger partial charge is 0.261 e. The summed E-state index contributed by atoms with van der Waals surface area (Å²) in [6.45, 7) is 9.63. The first-order valence-corrected chi connectivity index (χ1v) is 13.7. The minimum atomic E-state index is -2.43. The summed E-state index contributed by atoms with van der Waals surface area (Å²) in [5.74, 6) is 0. The van der Waals surface area contributed by atoms with Crippen LogP contribution in [0.4, 0.5) is 0 Å². The fourth-order valence-electron chi connectivity index (χ4n) is 4.48. The van der Waals surface area contributed by atoms with Crippen LogP contribution in [0.15, 0.2) is 60.7 Å². The molecule has 0 saturated carbocycles. The van der Waals surface area contributed by atoms with E-state index in [-0.39, 0.29) is 11.1 Å². The quantitative estimate of drug-likeness (QED) is 0.311. The minimum Gasteiger partial charge on any atom is -0.405 e. The third kappa shape index (κ3) is 6.80. The van der Waals surface area contributed by atoms with E-state index >= 15 is 0 Å². The number of rotatable bonds is 13. The largest absolute Gasteiger partial charge is 0.405 e. The molecule has 0 spiro atoms. The summed E-state index contributed by atoms with van der Waals surface area (Å²) in [6.07, 6.45) is 9.77. The molecule has 1 unspecified atom stereocenters. The summed E-state index contributed by atoms with van der Waals surface area (Å²) in [4.78, 5) is 0. The van der Waals surface area contributed by atoms with Crippen molar-refractivity contribution in [3.63, 3.8) is 0 Å². The van der Waals surface area contributed by atoms with Crippen molar-refractivity contribution >= 4 is 18.7 Å². The highest BCUT2D eigenvalue weighted by Gasteiger charge is 2.50. The van der Waals surface area contributed by atoms with Crippen molar-refractivity contribution in [2.45, 2.75) is 90.2 Å². The number of hydrogen-bond acceptors (Lipinski definition) is 2. The van der Waals surface area contributed by atoms with Crippen molar-refractivity contribution in [1.82, 2.24) is 0 Å². The molecule has 1 N–H and O–H groups in total. The molecule has 0 aliphatic heterocycles. The molecule has 3 heteroatoms. The summed E-state index contributed by atoms with van der Waals surface area (Å²) >= 11 is 0. The molecule has 0 heterocycles. The van der Waals surface area contributed by atoms with Crippen molar-refractivity contribution in [2.75, 3.05) is 6.61 Å². The number of benzene rings is 2. The van der Waals surface area contributed by atoms with Crippen molar-refractivity contribution < 1.29 is 9.53 Å². The van der Waals surface area contributed by atoms with Crippen LogP contribution in [-0.2, 0) is 4.43 Å². The van der Waals surface area contributed by atoms with Crippen LogP contribution in [0.1, 0.15) is 79.1 Å². The Bertz CT molecular complexity index is 654. The van der Waals surface area contributed by atoms with E-state index < -0.39 is 8.32 Å². The van der Waals surface area contributed by atoms with Gasteiger partial charge in [-0.3, -0.25) is 0 Å². The van der Waals surface area contributed by atoms with Gasteiger partial charge in [0.1, 0.15) is 0 Å². The maximum absolute atomic E-state index is 8.87. The molecule has 0 radical (unpaired) electrons.